The number of ether oxygens (including phenoxy) is 2. The lowest BCUT2D eigenvalue weighted by molar-refractivity contribution is -0.138. The van der Waals surface area contributed by atoms with Crippen LogP contribution in [0.2, 0.25) is 0 Å². The Morgan fingerprint density at radius 2 is 1.74 bits per heavy atom. The molecule has 218 valence electrons. The van der Waals surface area contributed by atoms with Crippen LogP contribution in [-0.4, -0.2) is 46.5 Å². The molecule has 43 heavy (non-hydrogen) atoms. The van der Waals surface area contributed by atoms with Crippen LogP contribution in [0.25, 0.3) is 22.1 Å². The Morgan fingerprint density at radius 3 is 2.47 bits per heavy atom. The maximum absolute atomic E-state index is 13.3. The molecule has 0 saturated carbocycles. The summed E-state index contributed by atoms with van der Waals surface area (Å²) in [6, 6.07) is 16.4. The molecule has 2 aliphatic rings. The van der Waals surface area contributed by atoms with Crippen molar-refractivity contribution in [3.8, 4) is 28.0 Å². The summed E-state index contributed by atoms with van der Waals surface area (Å²) in [7, 11) is 0. The van der Waals surface area contributed by atoms with Gasteiger partial charge in [-0.05, 0) is 60.7 Å². The third kappa shape index (κ3) is 5.07. The third-order valence-electron chi connectivity index (χ3n) is 7.32. The first-order valence-corrected chi connectivity index (χ1v) is 15.2. The fourth-order valence-corrected chi connectivity index (χ4v) is 7.74. The number of rotatable bonds is 6. The van der Waals surface area contributed by atoms with E-state index in [1.807, 2.05) is 6.07 Å². The summed E-state index contributed by atoms with van der Waals surface area (Å²) in [5.41, 5.74) is 4.39. The molecule has 0 radical (unpaired) electrons. The van der Waals surface area contributed by atoms with E-state index in [1.165, 1.54) is 28.2 Å². The van der Waals surface area contributed by atoms with E-state index in [9.17, 15) is 29.9 Å². The van der Waals surface area contributed by atoms with Gasteiger partial charge in [-0.25, -0.2) is 4.79 Å². The van der Waals surface area contributed by atoms with Crippen molar-refractivity contribution >= 4 is 57.6 Å². The highest BCUT2D eigenvalue weighted by Gasteiger charge is 2.27. The van der Waals surface area contributed by atoms with E-state index in [4.69, 9.17) is 9.47 Å². The maximum Gasteiger partial charge on any atom is 0.349 e. The van der Waals surface area contributed by atoms with Gasteiger partial charge in [-0.3, -0.25) is 14.2 Å². The number of nitrogens with zero attached hydrogens (tertiary/aromatic N) is 3. The average molecular weight is 616 g/mol. The van der Waals surface area contributed by atoms with Crippen molar-refractivity contribution in [2.24, 2.45) is 0 Å². The summed E-state index contributed by atoms with van der Waals surface area (Å²) in [5, 5.41) is 28.2. The number of hydrogen-bond acceptors (Lipinski definition) is 9. The first-order valence-electron chi connectivity index (χ1n) is 13.5. The molecule has 4 aromatic rings. The molecule has 2 aromatic heterocycles. The van der Waals surface area contributed by atoms with Crippen LogP contribution in [0.3, 0.4) is 0 Å². The number of thiazole rings is 1. The summed E-state index contributed by atoms with van der Waals surface area (Å²) in [6.45, 7) is 2.84. The van der Waals surface area contributed by atoms with Crippen LogP contribution in [0.4, 0.5) is 11.4 Å². The molecule has 2 N–H and O–H groups in total. The fourth-order valence-electron chi connectivity index (χ4n) is 5.46. The van der Waals surface area contributed by atoms with Crippen molar-refractivity contribution in [3.63, 3.8) is 0 Å². The number of aliphatic carboxylic acids is 2. The Bertz CT molecular complexity index is 2020. The van der Waals surface area contributed by atoms with Crippen LogP contribution >= 0.6 is 22.7 Å². The number of fused-ring (bicyclic) bond motifs is 3. The average Bonchev–Trinajstić information content (AvgIpc) is 3.44. The molecule has 0 aliphatic carbocycles. The smallest absolute Gasteiger partial charge is 0.349 e. The number of carboxylic acid groups (broad SMARTS) is 2. The number of aryl methyl sites for hydroxylation is 2. The number of nitriles is 1. The third-order valence-corrected chi connectivity index (χ3v) is 9.60. The molecule has 2 aliphatic heterocycles. The SMILES string of the molecule is CCN1c2ccccc2CCc2cc(-c3sc(/C=c4/s/c(=C(\C#N)C(=O)O)n(CC(=O)O)c4=O)c4c3OCCO4)ccc21. The van der Waals surface area contributed by atoms with E-state index < -0.39 is 29.6 Å². The van der Waals surface area contributed by atoms with Gasteiger partial charge in [0.15, 0.2) is 17.1 Å². The van der Waals surface area contributed by atoms with Gasteiger partial charge in [0.2, 0.25) is 0 Å². The van der Waals surface area contributed by atoms with Crippen molar-refractivity contribution in [1.82, 2.24) is 4.57 Å². The van der Waals surface area contributed by atoms with Crippen LogP contribution in [0.15, 0.2) is 47.3 Å². The molecule has 0 spiro atoms. The van der Waals surface area contributed by atoms with Gasteiger partial charge >= 0.3 is 11.9 Å². The molecule has 0 bridgehead atoms. The second-order valence-electron chi connectivity index (χ2n) is 9.86. The van der Waals surface area contributed by atoms with Crippen LogP contribution in [0.5, 0.6) is 11.5 Å². The Hall–Kier alpha value is -4.86. The van der Waals surface area contributed by atoms with Gasteiger partial charge < -0.3 is 24.6 Å². The highest BCUT2D eigenvalue weighted by Crippen LogP contribution is 2.50. The van der Waals surface area contributed by atoms with Crippen LogP contribution in [0, 0.1) is 11.3 Å². The molecule has 0 fully saturated rings. The zero-order valence-corrected chi connectivity index (χ0v) is 24.6. The van der Waals surface area contributed by atoms with Crippen molar-refractivity contribution < 1.29 is 29.3 Å². The Kier molecular flexibility index (Phi) is 7.52. The number of carbonyl (C=O) groups is 2. The molecule has 12 heteroatoms. The second kappa shape index (κ2) is 11.4. The highest BCUT2D eigenvalue weighted by molar-refractivity contribution is 7.17. The topological polar surface area (TPSA) is 142 Å². The molecule has 10 nitrogen and oxygen atoms in total. The van der Waals surface area contributed by atoms with E-state index >= 15 is 0 Å². The summed E-state index contributed by atoms with van der Waals surface area (Å²) in [5.74, 6) is -1.86. The first-order chi connectivity index (χ1) is 20.8. The quantitative estimate of drug-likeness (QED) is 0.334. The number of carboxylic acids is 2. The van der Waals surface area contributed by atoms with Crippen molar-refractivity contribution in [3.05, 3.63) is 78.0 Å². The molecule has 2 aromatic carbocycles. The second-order valence-corrected chi connectivity index (χ2v) is 11.9. The summed E-state index contributed by atoms with van der Waals surface area (Å²) >= 11 is 2.12. The monoisotopic (exact) mass is 615 g/mol. The van der Waals surface area contributed by atoms with Gasteiger partial charge in [-0.15, -0.1) is 22.7 Å². The van der Waals surface area contributed by atoms with Gasteiger partial charge in [-0.1, -0.05) is 24.3 Å². The summed E-state index contributed by atoms with van der Waals surface area (Å²) in [6.07, 6.45) is 3.32. The van der Waals surface area contributed by atoms with Crippen LogP contribution in [-0.2, 0) is 29.0 Å². The predicted octanol–water partition coefficient (Wildman–Crippen LogP) is 3.34. The molecule has 0 amide bonds. The van der Waals surface area contributed by atoms with E-state index in [2.05, 4.69) is 48.2 Å². The molecule has 4 heterocycles. The fraction of sp³-hybridized carbons (Fsp3) is 0.226. The largest absolute Gasteiger partial charge is 0.485 e. The number of benzene rings is 2. The minimum atomic E-state index is -1.55. The zero-order chi connectivity index (χ0) is 30.2. The Morgan fingerprint density at radius 1 is 1.02 bits per heavy atom. The highest BCUT2D eigenvalue weighted by atomic mass is 32.1. The van der Waals surface area contributed by atoms with Gasteiger partial charge in [-0.2, -0.15) is 5.26 Å². The lowest BCUT2D eigenvalue weighted by Gasteiger charge is -2.25. The standard InChI is InChI=1S/C31H25N3O7S2/c1-2-33-21-6-4-3-5-17(21)7-8-18-13-19(9-10-22(18)33)28-27-26(40-11-12-41-27)23(42-28)14-24-29(37)34(16-25(35)36)30(43-24)20(15-32)31(38)39/h3-6,9-10,13-14H,2,7-8,11-12,16H2,1H3,(H,35,36)(H,38,39)/b24-14+,30-20+. The van der Waals surface area contributed by atoms with Gasteiger partial charge in [0.1, 0.15) is 30.5 Å². The normalized spacial score (nSPS) is 14.8. The number of anilines is 2. The number of hydrogen-bond donors (Lipinski definition) is 2. The first kappa shape index (κ1) is 28.3. The van der Waals surface area contributed by atoms with Gasteiger partial charge in [0.05, 0.1) is 14.3 Å². The summed E-state index contributed by atoms with van der Waals surface area (Å²) in [4.78, 5) is 40.1. The van der Waals surface area contributed by atoms with E-state index in [0.717, 1.165) is 51.4 Å². The molecule has 6 rings (SSSR count). The maximum atomic E-state index is 13.3. The van der Waals surface area contributed by atoms with Crippen molar-refractivity contribution in [2.45, 2.75) is 26.3 Å². The van der Waals surface area contributed by atoms with E-state index in [1.54, 1.807) is 12.1 Å². The Labute approximate surface area is 253 Å². The minimum Gasteiger partial charge on any atom is -0.485 e. The van der Waals surface area contributed by atoms with Crippen molar-refractivity contribution in [2.75, 3.05) is 24.7 Å². The van der Waals surface area contributed by atoms with E-state index in [0.29, 0.717) is 29.6 Å². The van der Waals surface area contributed by atoms with E-state index in [-0.39, 0.29) is 9.20 Å². The van der Waals surface area contributed by atoms with Gasteiger partial charge in [0, 0.05) is 17.9 Å². The lowest BCUT2D eigenvalue weighted by Crippen LogP contribution is -2.35. The molecule has 0 atom stereocenters. The number of para-hydroxylation sites is 1. The van der Waals surface area contributed by atoms with Gasteiger partial charge in [0.25, 0.3) is 5.56 Å². The molecule has 0 saturated heterocycles. The molecule has 0 unspecified atom stereocenters. The van der Waals surface area contributed by atoms with Crippen LogP contribution < -0.4 is 29.1 Å². The lowest BCUT2D eigenvalue weighted by atomic mass is 10.0. The molecular weight excluding hydrogens is 590 g/mol. The number of thiophene rings is 1. The predicted molar refractivity (Wildman–Crippen MR) is 163 cm³/mol. The summed E-state index contributed by atoms with van der Waals surface area (Å²) < 4.78 is 12.7. The number of aromatic nitrogens is 1. The van der Waals surface area contributed by atoms with Crippen LogP contribution in [0.1, 0.15) is 22.9 Å². The Balaban J connectivity index is 1.49. The van der Waals surface area contributed by atoms with Crippen molar-refractivity contribution in [1.29, 1.82) is 5.26 Å². The zero-order valence-electron chi connectivity index (χ0n) is 23.0. The molecular formula is C31H25N3O7S2. The minimum absolute atomic E-state index is 0.0771.